The number of rotatable bonds is 5. The molecule has 6 heteroatoms. The first-order valence-corrected chi connectivity index (χ1v) is 8.67. The van der Waals surface area contributed by atoms with E-state index in [1.54, 1.807) is 7.11 Å². The molecule has 3 rings (SSSR count). The Bertz CT molecular complexity index is 716. The van der Waals surface area contributed by atoms with Gasteiger partial charge < -0.3 is 18.8 Å². The van der Waals surface area contributed by atoms with E-state index in [0.717, 1.165) is 24.3 Å². The van der Waals surface area contributed by atoms with Gasteiger partial charge in [0.15, 0.2) is 5.89 Å². The second-order valence-electron chi connectivity index (χ2n) is 6.16. The molecule has 1 aromatic carbocycles. The topological polar surface area (TPSA) is 64.8 Å². The molecule has 0 radical (unpaired) electrons. The summed E-state index contributed by atoms with van der Waals surface area (Å²) in [6.07, 6.45) is 2.39. The van der Waals surface area contributed by atoms with Crippen molar-refractivity contribution in [3.63, 3.8) is 0 Å². The molecule has 2 heterocycles. The number of nitrogens with zero attached hydrogens (tertiary/aromatic N) is 2. The van der Waals surface area contributed by atoms with Gasteiger partial charge in [-0.2, -0.15) is 0 Å². The Kier molecular flexibility index (Phi) is 5.26. The lowest BCUT2D eigenvalue weighted by molar-refractivity contribution is 0.0564. The van der Waals surface area contributed by atoms with Crippen molar-refractivity contribution in [2.45, 2.75) is 39.2 Å². The van der Waals surface area contributed by atoms with Gasteiger partial charge in [-0.15, -0.1) is 0 Å². The molecule has 0 aliphatic carbocycles. The highest BCUT2D eigenvalue weighted by Crippen LogP contribution is 2.23. The number of aromatic nitrogens is 1. The van der Waals surface area contributed by atoms with Crippen LogP contribution in [0.15, 0.2) is 28.7 Å². The number of oxazole rings is 1. The third-order valence-corrected chi connectivity index (χ3v) is 4.43. The summed E-state index contributed by atoms with van der Waals surface area (Å²) < 4.78 is 16.7. The predicted molar refractivity (Wildman–Crippen MR) is 93.2 cm³/mol. The van der Waals surface area contributed by atoms with Gasteiger partial charge in [-0.05, 0) is 31.2 Å². The maximum Gasteiger partial charge on any atom is 0.291 e. The monoisotopic (exact) mass is 344 g/mol. The molecule has 134 valence electrons. The molecule has 1 saturated heterocycles. The van der Waals surface area contributed by atoms with Gasteiger partial charge in [0.05, 0.1) is 12.8 Å². The summed E-state index contributed by atoms with van der Waals surface area (Å²) in [6.45, 7) is 5.08. The minimum atomic E-state index is -0.0763. The largest absolute Gasteiger partial charge is 0.497 e. The van der Waals surface area contributed by atoms with Gasteiger partial charge in [-0.3, -0.25) is 4.79 Å². The van der Waals surface area contributed by atoms with Crippen LogP contribution >= 0.6 is 0 Å². The summed E-state index contributed by atoms with van der Waals surface area (Å²) in [5.41, 5.74) is 0.665. The van der Waals surface area contributed by atoms with E-state index < -0.39 is 0 Å². The predicted octanol–water partition coefficient (Wildman–Crippen LogP) is 3.24. The first kappa shape index (κ1) is 17.3. The highest BCUT2D eigenvalue weighted by molar-refractivity contribution is 5.92. The summed E-state index contributed by atoms with van der Waals surface area (Å²) in [4.78, 5) is 18.7. The zero-order valence-corrected chi connectivity index (χ0v) is 14.9. The van der Waals surface area contributed by atoms with Crippen LogP contribution in [-0.2, 0) is 6.42 Å². The van der Waals surface area contributed by atoms with Gasteiger partial charge in [-0.1, -0.05) is 6.92 Å². The number of piperidine rings is 1. The third kappa shape index (κ3) is 3.95. The van der Waals surface area contributed by atoms with Crippen molar-refractivity contribution in [2.75, 3.05) is 20.2 Å². The average Bonchev–Trinajstić information content (AvgIpc) is 3.03. The molecule has 0 N–H and O–H groups in total. The standard InChI is InChI=1S/C19H24N2O4/c1-4-17-20-13(2)18(25-17)19(22)21-11-9-16(10-12-21)24-15-7-5-14(23-3)6-8-15/h5-8,16H,4,9-12H2,1-3H3. The van der Waals surface area contributed by atoms with Gasteiger partial charge >= 0.3 is 0 Å². The summed E-state index contributed by atoms with van der Waals surface area (Å²) in [5.74, 6) is 2.53. The number of aryl methyl sites for hydroxylation is 2. The number of likely N-dealkylation sites (tertiary alicyclic amines) is 1. The maximum atomic E-state index is 12.6. The van der Waals surface area contributed by atoms with Crippen LogP contribution in [0.4, 0.5) is 0 Å². The van der Waals surface area contributed by atoms with Crippen LogP contribution in [0.2, 0.25) is 0 Å². The highest BCUT2D eigenvalue weighted by atomic mass is 16.5. The smallest absolute Gasteiger partial charge is 0.291 e. The Morgan fingerprint density at radius 3 is 2.44 bits per heavy atom. The first-order valence-electron chi connectivity index (χ1n) is 8.67. The number of ether oxygens (including phenoxy) is 2. The molecule has 1 aliphatic rings. The highest BCUT2D eigenvalue weighted by Gasteiger charge is 2.28. The molecule has 1 fully saturated rings. The van der Waals surface area contributed by atoms with Crippen molar-refractivity contribution in [1.29, 1.82) is 0 Å². The molecule has 0 saturated carbocycles. The summed E-state index contributed by atoms with van der Waals surface area (Å²) in [5, 5.41) is 0. The molecule has 0 bridgehead atoms. The van der Waals surface area contributed by atoms with Crippen molar-refractivity contribution >= 4 is 5.91 Å². The Morgan fingerprint density at radius 1 is 1.24 bits per heavy atom. The molecule has 6 nitrogen and oxygen atoms in total. The Hall–Kier alpha value is -2.50. The van der Waals surface area contributed by atoms with E-state index in [1.165, 1.54) is 0 Å². The lowest BCUT2D eigenvalue weighted by Crippen LogP contribution is -2.41. The summed E-state index contributed by atoms with van der Waals surface area (Å²) >= 11 is 0. The summed E-state index contributed by atoms with van der Waals surface area (Å²) in [6, 6.07) is 7.57. The van der Waals surface area contributed by atoms with E-state index in [1.807, 2.05) is 43.0 Å². The number of carbonyl (C=O) groups excluding carboxylic acids is 1. The van der Waals surface area contributed by atoms with Crippen molar-refractivity contribution in [1.82, 2.24) is 9.88 Å². The van der Waals surface area contributed by atoms with E-state index in [9.17, 15) is 4.79 Å². The van der Waals surface area contributed by atoms with Crippen molar-refractivity contribution in [2.24, 2.45) is 0 Å². The number of benzene rings is 1. The minimum absolute atomic E-state index is 0.0763. The Morgan fingerprint density at radius 2 is 1.88 bits per heavy atom. The van der Waals surface area contributed by atoms with E-state index in [-0.39, 0.29) is 12.0 Å². The number of hydrogen-bond acceptors (Lipinski definition) is 5. The summed E-state index contributed by atoms with van der Waals surface area (Å²) in [7, 11) is 1.64. The third-order valence-electron chi connectivity index (χ3n) is 4.43. The van der Waals surface area contributed by atoms with Gasteiger partial charge in [0.25, 0.3) is 5.91 Å². The number of amides is 1. The van der Waals surface area contributed by atoms with E-state index >= 15 is 0 Å². The lowest BCUT2D eigenvalue weighted by Gasteiger charge is -2.31. The minimum Gasteiger partial charge on any atom is -0.497 e. The fraction of sp³-hybridized carbons (Fsp3) is 0.474. The van der Waals surface area contributed by atoms with Crippen molar-refractivity contribution in [3.8, 4) is 11.5 Å². The quantitative estimate of drug-likeness (QED) is 0.833. The fourth-order valence-corrected chi connectivity index (χ4v) is 2.97. The van der Waals surface area contributed by atoms with E-state index in [2.05, 4.69) is 4.98 Å². The fourth-order valence-electron chi connectivity index (χ4n) is 2.97. The lowest BCUT2D eigenvalue weighted by atomic mass is 10.1. The van der Waals surface area contributed by atoms with Crippen molar-refractivity contribution < 1.29 is 18.7 Å². The van der Waals surface area contributed by atoms with Crippen LogP contribution in [0.25, 0.3) is 0 Å². The second-order valence-corrected chi connectivity index (χ2v) is 6.16. The van der Waals surface area contributed by atoms with Gasteiger partial charge in [0, 0.05) is 32.4 Å². The molecule has 2 aromatic rings. The van der Waals surface area contributed by atoms with Crippen LogP contribution < -0.4 is 9.47 Å². The molecule has 1 amide bonds. The average molecular weight is 344 g/mol. The van der Waals surface area contributed by atoms with Gasteiger partial charge in [-0.25, -0.2) is 4.98 Å². The number of methoxy groups -OCH3 is 1. The Labute approximate surface area is 147 Å². The SMILES string of the molecule is CCc1nc(C)c(C(=O)N2CCC(Oc3ccc(OC)cc3)CC2)o1. The van der Waals surface area contributed by atoms with E-state index in [4.69, 9.17) is 13.9 Å². The zero-order chi connectivity index (χ0) is 17.8. The van der Waals surface area contributed by atoms with Gasteiger partial charge in [0.2, 0.25) is 5.76 Å². The maximum absolute atomic E-state index is 12.6. The molecule has 0 atom stereocenters. The van der Waals surface area contributed by atoms with Crippen molar-refractivity contribution in [3.05, 3.63) is 41.6 Å². The normalized spacial score (nSPS) is 15.2. The van der Waals surface area contributed by atoms with Crippen LogP contribution in [0.1, 0.15) is 41.9 Å². The molecule has 25 heavy (non-hydrogen) atoms. The first-order chi connectivity index (χ1) is 12.1. The van der Waals surface area contributed by atoms with Crippen LogP contribution in [-0.4, -0.2) is 42.1 Å². The van der Waals surface area contributed by atoms with Gasteiger partial charge in [0.1, 0.15) is 17.6 Å². The van der Waals surface area contributed by atoms with Crippen LogP contribution in [0.3, 0.4) is 0 Å². The molecule has 1 aromatic heterocycles. The van der Waals surface area contributed by atoms with Crippen LogP contribution in [0.5, 0.6) is 11.5 Å². The number of carbonyl (C=O) groups is 1. The molecular weight excluding hydrogens is 320 g/mol. The second kappa shape index (κ2) is 7.59. The molecule has 1 aliphatic heterocycles. The Balaban J connectivity index is 1.55. The molecule has 0 unspecified atom stereocenters. The zero-order valence-electron chi connectivity index (χ0n) is 14.9. The van der Waals surface area contributed by atoms with Crippen LogP contribution in [0, 0.1) is 6.92 Å². The molecular formula is C19H24N2O4. The molecule has 0 spiro atoms. The van der Waals surface area contributed by atoms with E-state index in [0.29, 0.717) is 36.9 Å². The number of hydrogen-bond donors (Lipinski definition) is 0.